The Morgan fingerprint density at radius 2 is 2.19 bits per heavy atom. The molecule has 1 aromatic heterocycles. The summed E-state index contributed by atoms with van der Waals surface area (Å²) in [6, 6.07) is 2.66. The number of halogens is 2. The third kappa shape index (κ3) is 4.97. The molecular formula is C19H25F2N5O. The summed E-state index contributed by atoms with van der Waals surface area (Å²) in [6.07, 6.45) is 2.62. The highest BCUT2D eigenvalue weighted by Crippen LogP contribution is 2.19. The molecule has 0 saturated heterocycles. The molecule has 6 nitrogen and oxygen atoms in total. The van der Waals surface area contributed by atoms with E-state index >= 15 is 0 Å². The standard InChI is InChI=1S/C18H21F2N5O.CH4/c1-22-18-23-9-11-4-5-25(10-16(11)24-18)17(26)8-14(21)7-12-6-13(19)2-3-15(12)20;/h2-3,6,9,14H,4-5,7-8,10,21H2,1H3,(H,22,23,24);1H4/t14-;/m1./s1. The molecule has 1 aliphatic rings. The van der Waals surface area contributed by atoms with Crippen molar-refractivity contribution in [1.29, 1.82) is 0 Å². The fraction of sp³-hybridized carbons (Fsp3) is 0.421. The number of nitrogens with two attached hydrogens (primary N) is 1. The van der Waals surface area contributed by atoms with Gasteiger partial charge in [0.05, 0.1) is 12.2 Å². The summed E-state index contributed by atoms with van der Waals surface area (Å²) in [7, 11) is 1.73. The Bertz CT molecular complexity index is 815. The molecule has 3 N–H and O–H groups in total. The third-order valence-corrected chi connectivity index (χ3v) is 4.45. The van der Waals surface area contributed by atoms with Crippen molar-refractivity contribution in [1.82, 2.24) is 14.9 Å². The minimum Gasteiger partial charge on any atom is -0.357 e. The first-order valence-electron chi connectivity index (χ1n) is 8.46. The molecule has 0 fully saturated rings. The summed E-state index contributed by atoms with van der Waals surface area (Å²) in [5.41, 5.74) is 8.02. The van der Waals surface area contributed by atoms with Crippen LogP contribution in [0.3, 0.4) is 0 Å². The lowest BCUT2D eigenvalue weighted by molar-refractivity contribution is -0.132. The Hall–Kier alpha value is -2.61. The van der Waals surface area contributed by atoms with Gasteiger partial charge in [-0.05, 0) is 42.2 Å². The molecule has 1 amide bonds. The Morgan fingerprint density at radius 1 is 1.41 bits per heavy atom. The predicted octanol–water partition coefficient (Wildman–Crippen LogP) is 2.28. The molecular weight excluding hydrogens is 352 g/mol. The van der Waals surface area contributed by atoms with Gasteiger partial charge in [-0.25, -0.2) is 18.7 Å². The Morgan fingerprint density at radius 3 is 2.93 bits per heavy atom. The van der Waals surface area contributed by atoms with Crippen LogP contribution in [0.15, 0.2) is 24.4 Å². The molecule has 1 atom stereocenters. The first kappa shape index (κ1) is 20.7. The van der Waals surface area contributed by atoms with E-state index in [-0.39, 0.29) is 31.7 Å². The zero-order chi connectivity index (χ0) is 18.7. The molecule has 1 aliphatic heterocycles. The lowest BCUT2D eigenvalue weighted by Gasteiger charge is -2.29. The van der Waals surface area contributed by atoms with Gasteiger partial charge in [0.15, 0.2) is 0 Å². The fourth-order valence-electron chi connectivity index (χ4n) is 3.04. The van der Waals surface area contributed by atoms with Crippen LogP contribution in [0.5, 0.6) is 0 Å². The zero-order valence-corrected chi connectivity index (χ0v) is 14.5. The number of aromatic nitrogens is 2. The number of carbonyl (C=O) groups is 1. The molecule has 2 aromatic rings. The quantitative estimate of drug-likeness (QED) is 0.835. The molecule has 0 unspecified atom stereocenters. The van der Waals surface area contributed by atoms with Crippen LogP contribution in [0.4, 0.5) is 14.7 Å². The van der Waals surface area contributed by atoms with E-state index in [0.717, 1.165) is 29.5 Å². The summed E-state index contributed by atoms with van der Waals surface area (Å²) in [5, 5.41) is 2.88. The number of nitrogens with one attached hydrogen (secondary N) is 1. The van der Waals surface area contributed by atoms with E-state index in [9.17, 15) is 13.6 Å². The SMILES string of the molecule is C.CNc1ncc2c(n1)CN(C(=O)C[C@H](N)Cc1cc(F)ccc1F)CC2. The van der Waals surface area contributed by atoms with Crippen LogP contribution in [0.25, 0.3) is 0 Å². The fourth-order valence-corrected chi connectivity index (χ4v) is 3.04. The molecule has 0 saturated carbocycles. The van der Waals surface area contributed by atoms with Crippen LogP contribution >= 0.6 is 0 Å². The molecule has 146 valence electrons. The number of amides is 1. The Kier molecular flexibility index (Phi) is 6.79. The van der Waals surface area contributed by atoms with Crippen LogP contribution in [0, 0.1) is 11.6 Å². The largest absolute Gasteiger partial charge is 0.357 e. The lowest BCUT2D eigenvalue weighted by atomic mass is 10.0. The number of hydrogen-bond acceptors (Lipinski definition) is 5. The monoisotopic (exact) mass is 377 g/mol. The number of nitrogens with zero attached hydrogens (tertiary/aromatic N) is 3. The van der Waals surface area contributed by atoms with Gasteiger partial charge in [-0.15, -0.1) is 0 Å². The van der Waals surface area contributed by atoms with Crippen LogP contribution in [0.1, 0.15) is 30.7 Å². The van der Waals surface area contributed by atoms with Gasteiger partial charge in [0.25, 0.3) is 0 Å². The smallest absolute Gasteiger partial charge is 0.224 e. The third-order valence-electron chi connectivity index (χ3n) is 4.45. The lowest BCUT2D eigenvalue weighted by Crippen LogP contribution is -2.40. The Labute approximate surface area is 157 Å². The van der Waals surface area contributed by atoms with E-state index in [1.54, 1.807) is 18.1 Å². The van der Waals surface area contributed by atoms with E-state index in [2.05, 4.69) is 15.3 Å². The molecule has 2 heterocycles. The van der Waals surface area contributed by atoms with Crippen molar-refractivity contribution in [3.8, 4) is 0 Å². The van der Waals surface area contributed by atoms with Crippen molar-refractivity contribution >= 4 is 11.9 Å². The number of hydrogen-bond donors (Lipinski definition) is 2. The summed E-state index contributed by atoms with van der Waals surface area (Å²) in [4.78, 5) is 22.8. The average molecular weight is 377 g/mol. The van der Waals surface area contributed by atoms with Gasteiger partial charge in [-0.1, -0.05) is 7.43 Å². The van der Waals surface area contributed by atoms with Gasteiger partial charge in [0.1, 0.15) is 11.6 Å². The van der Waals surface area contributed by atoms with Gasteiger partial charge in [0, 0.05) is 32.3 Å². The number of fused-ring (bicyclic) bond motifs is 1. The maximum atomic E-state index is 13.7. The van der Waals surface area contributed by atoms with Crippen molar-refractivity contribution in [3.63, 3.8) is 0 Å². The van der Waals surface area contributed by atoms with Crippen molar-refractivity contribution in [2.45, 2.75) is 39.3 Å². The van der Waals surface area contributed by atoms with E-state index in [0.29, 0.717) is 25.5 Å². The van der Waals surface area contributed by atoms with Crippen molar-refractivity contribution in [3.05, 3.63) is 52.9 Å². The van der Waals surface area contributed by atoms with E-state index in [4.69, 9.17) is 5.73 Å². The number of carbonyl (C=O) groups excluding carboxylic acids is 1. The van der Waals surface area contributed by atoms with Crippen molar-refractivity contribution in [2.24, 2.45) is 5.73 Å². The second kappa shape index (κ2) is 8.85. The van der Waals surface area contributed by atoms with Gasteiger partial charge in [-0.2, -0.15) is 0 Å². The molecule has 0 radical (unpaired) electrons. The van der Waals surface area contributed by atoms with Crippen LogP contribution in [0.2, 0.25) is 0 Å². The molecule has 27 heavy (non-hydrogen) atoms. The highest BCUT2D eigenvalue weighted by Gasteiger charge is 2.24. The van der Waals surface area contributed by atoms with Crippen molar-refractivity contribution in [2.75, 3.05) is 18.9 Å². The van der Waals surface area contributed by atoms with Gasteiger partial charge in [-0.3, -0.25) is 4.79 Å². The maximum Gasteiger partial charge on any atom is 0.224 e. The van der Waals surface area contributed by atoms with E-state index in [1.807, 2.05) is 0 Å². The molecule has 3 rings (SSSR count). The topological polar surface area (TPSA) is 84.1 Å². The minimum atomic E-state index is -0.585. The maximum absolute atomic E-state index is 13.7. The number of anilines is 1. The van der Waals surface area contributed by atoms with Crippen LogP contribution < -0.4 is 11.1 Å². The second-order valence-electron chi connectivity index (χ2n) is 6.38. The van der Waals surface area contributed by atoms with E-state index in [1.165, 1.54) is 0 Å². The first-order chi connectivity index (χ1) is 12.5. The number of benzene rings is 1. The van der Waals surface area contributed by atoms with Crippen molar-refractivity contribution < 1.29 is 13.6 Å². The molecule has 1 aromatic carbocycles. The van der Waals surface area contributed by atoms with E-state index < -0.39 is 17.7 Å². The zero-order valence-electron chi connectivity index (χ0n) is 14.5. The average Bonchev–Trinajstić information content (AvgIpc) is 2.63. The second-order valence-corrected chi connectivity index (χ2v) is 6.38. The van der Waals surface area contributed by atoms with Gasteiger partial charge < -0.3 is 16.0 Å². The summed E-state index contributed by atoms with van der Waals surface area (Å²) < 4.78 is 27.0. The highest BCUT2D eigenvalue weighted by atomic mass is 19.1. The molecule has 8 heteroatoms. The summed E-state index contributed by atoms with van der Waals surface area (Å²) in [6.45, 7) is 0.960. The summed E-state index contributed by atoms with van der Waals surface area (Å²) in [5.74, 6) is -0.647. The predicted molar refractivity (Wildman–Crippen MR) is 100 cm³/mol. The summed E-state index contributed by atoms with van der Waals surface area (Å²) >= 11 is 0. The molecule has 0 aliphatic carbocycles. The van der Waals surface area contributed by atoms with Gasteiger partial charge in [0.2, 0.25) is 11.9 Å². The highest BCUT2D eigenvalue weighted by molar-refractivity contribution is 5.77. The van der Waals surface area contributed by atoms with Crippen LogP contribution in [-0.4, -0.2) is 40.4 Å². The normalized spacial score (nSPS) is 14.1. The number of rotatable bonds is 5. The first-order valence-corrected chi connectivity index (χ1v) is 8.46. The van der Waals surface area contributed by atoms with Crippen LogP contribution in [-0.2, 0) is 24.2 Å². The Balaban J connectivity index is 0.00000261. The van der Waals surface area contributed by atoms with Gasteiger partial charge >= 0.3 is 0 Å². The minimum absolute atomic E-state index is 0. The molecule has 0 spiro atoms. The molecule has 0 bridgehead atoms.